The van der Waals surface area contributed by atoms with Crippen LogP contribution < -0.4 is 0 Å². The molecule has 1 aromatic carbocycles. The van der Waals surface area contributed by atoms with Crippen molar-refractivity contribution >= 4 is 0 Å². The van der Waals surface area contributed by atoms with Gasteiger partial charge in [-0.1, -0.05) is 30.7 Å². The molecule has 1 aliphatic heterocycles. The number of benzene rings is 1. The molecule has 2 unspecified atom stereocenters. The highest BCUT2D eigenvalue weighted by atomic mass is 15.2. The number of hydrogen-bond donors (Lipinski definition) is 0. The summed E-state index contributed by atoms with van der Waals surface area (Å²) in [5.74, 6) is 0. The van der Waals surface area contributed by atoms with Crippen molar-refractivity contribution in [3.05, 3.63) is 35.4 Å². The number of fused-ring (bicyclic) bond motifs is 1. The zero-order chi connectivity index (χ0) is 11.9. The quantitative estimate of drug-likeness (QED) is 0.709. The third-order valence-corrected chi connectivity index (χ3v) is 4.92. The summed E-state index contributed by atoms with van der Waals surface area (Å²) in [7, 11) is 0. The third kappa shape index (κ3) is 1.72. The van der Waals surface area contributed by atoms with Crippen LogP contribution in [0.3, 0.4) is 0 Å². The van der Waals surface area contributed by atoms with Crippen LogP contribution in [0.15, 0.2) is 24.3 Å². The maximum atomic E-state index is 2.77. The van der Waals surface area contributed by atoms with Gasteiger partial charge in [0.25, 0.3) is 0 Å². The molecule has 2 aliphatic rings. The van der Waals surface area contributed by atoms with E-state index in [1.165, 1.54) is 38.6 Å². The monoisotopic (exact) mass is 229 g/mol. The summed E-state index contributed by atoms with van der Waals surface area (Å²) in [6.07, 6.45) is 6.72. The van der Waals surface area contributed by atoms with Gasteiger partial charge in [0, 0.05) is 11.6 Å². The zero-order valence-corrected chi connectivity index (χ0v) is 11.1. The highest BCUT2D eigenvalue weighted by Gasteiger charge is 2.41. The van der Waals surface area contributed by atoms with E-state index in [0.717, 1.165) is 6.04 Å². The molecule has 2 atom stereocenters. The van der Waals surface area contributed by atoms with Crippen molar-refractivity contribution < 1.29 is 0 Å². The Kier molecular flexibility index (Phi) is 2.74. The van der Waals surface area contributed by atoms with Gasteiger partial charge in [0.15, 0.2) is 0 Å². The minimum absolute atomic E-state index is 0.302. The average molecular weight is 229 g/mol. The molecule has 0 saturated carbocycles. The molecule has 0 spiro atoms. The number of piperidine rings is 1. The summed E-state index contributed by atoms with van der Waals surface area (Å²) in [6, 6.07) is 9.81. The van der Waals surface area contributed by atoms with Gasteiger partial charge in [0.1, 0.15) is 0 Å². The van der Waals surface area contributed by atoms with Crippen LogP contribution in [0, 0.1) is 0 Å². The molecule has 0 bridgehead atoms. The highest BCUT2D eigenvalue weighted by molar-refractivity contribution is 5.38. The van der Waals surface area contributed by atoms with Gasteiger partial charge in [-0.15, -0.1) is 0 Å². The first-order valence-electron chi connectivity index (χ1n) is 7.07. The first-order valence-corrected chi connectivity index (χ1v) is 7.07. The van der Waals surface area contributed by atoms with Gasteiger partial charge in [-0.25, -0.2) is 0 Å². The number of aryl methyl sites for hydroxylation is 1. The van der Waals surface area contributed by atoms with Crippen LogP contribution in [0.4, 0.5) is 0 Å². The van der Waals surface area contributed by atoms with Crippen molar-refractivity contribution in [1.29, 1.82) is 0 Å². The first kappa shape index (κ1) is 11.3. The second kappa shape index (κ2) is 4.13. The summed E-state index contributed by atoms with van der Waals surface area (Å²) in [5, 5.41) is 0. The first-order chi connectivity index (χ1) is 8.22. The SMILES string of the molecule is CC1CCCCN1C1(C)CCc2ccccc21. The van der Waals surface area contributed by atoms with Gasteiger partial charge in [-0.2, -0.15) is 0 Å². The predicted octanol–water partition coefficient (Wildman–Crippen LogP) is 3.72. The number of likely N-dealkylation sites (tertiary alicyclic amines) is 1. The van der Waals surface area contributed by atoms with E-state index in [0.29, 0.717) is 5.54 Å². The molecule has 0 aromatic heterocycles. The smallest absolute Gasteiger partial charge is 0.0441 e. The molecule has 1 aromatic rings. The van der Waals surface area contributed by atoms with Crippen LogP contribution >= 0.6 is 0 Å². The van der Waals surface area contributed by atoms with Gasteiger partial charge in [-0.3, -0.25) is 4.90 Å². The fourth-order valence-electron chi connectivity index (χ4n) is 3.91. The number of hydrogen-bond acceptors (Lipinski definition) is 1. The fourth-order valence-corrected chi connectivity index (χ4v) is 3.91. The minimum atomic E-state index is 0.302. The Labute approximate surface area is 105 Å². The molecule has 1 heterocycles. The molecule has 17 heavy (non-hydrogen) atoms. The molecular weight excluding hydrogens is 206 g/mol. The Bertz CT molecular complexity index is 412. The Morgan fingerprint density at radius 3 is 2.88 bits per heavy atom. The van der Waals surface area contributed by atoms with E-state index >= 15 is 0 Å². The lowest BCUT2D eigenvalue weighted by atomic mass is 9.87. The van der Waals surface area contributed by atoms with Crippen LogP contribution in [0.2, 0.25) is 0 Å². The zero-order valence-electron chi connectivity index (χ0n) is 11.1. The van der Waals surface area contributed by atoms with Crippen LogP contribution in [-0.4, -0.2) is 17.5 Å². The molecule has 1 fully saturated rings. The van der Waals surface area contributed by atoms with Gasteiger partial charge in [0.05, 0.1) is 0 Å². The Hall–Kier alpha value is -0.820. The number of nitrogens with zero attached hydrogens (tertiary/aromatic N) is 1. The van der Waals surface area contributed by atoms with E-state index in [2.05, 4.69) is 43.0 Å². The van der Waals surface area contributed by atoms with E-state index in [4.69, 9.17) is 0 Å². The molecule has 1 nitrogen and oxygen atoms in total. The van der Waals surface area contributed by atoms with Gasteiger partial charge < -0.3 is 0 Å². The molecule has 92 valence electrons. The fraction of sp³-hybridized carbons (Fsp3) is 0.625. The standard InChI is InChI=1S/C16H23N/c1-13-7-5-6-12-17(13)16(2)11-10-14-8-3-4-9-15(14)16/h3-4,8-9,13H,5-7,10-12H2,1-2H3. The summed E-state index contributed by atoms with van der Waals surface area (Å²) in [5.41, 5.74) is 3.47. The highest BCUT2D eigenvalue weighted by Crippen LogP contribution is 2.43. The molecular formula is C16H23N. The van der Waals surface area contributed by atoms with Crippen LogP contribution in [0.5, 0.6) is 0 Å². The van der Waals surface area contributed by atoms with E-state index in [-0.39, 0.29) is 0 Å². The largest absolute Gasteiger partial charge is 0.291 e. The predicted molar refractivity (Wildman–Crippen MR) is 72.1 cm³/mol. The molecule has 1 saturated heterocycles. The van der Waals surface area contributed by atoms with Crippen molar-refractivity contribution in [3.63, 3.8) is 0 Å². The van der Waals surface area contributed by atoms with Crippen molar-refractivity contribution in [2.45, 2.75) is 57.5 Å². The van der Waals surface area contributed by atoms with E-state index in [1.807, 2.05) is 0 Å². The molecule has 3 rings (SSSR count). The van der Waals surface area contributed by atoms with Crippen LogP contribution in [-0.2, 0) is 12.0 Å². The Morgan fingerprint density at radius 1 is 1.24 bits per heavy atom. The van der Waals surface area contributed by atoms with Crippen molar-refractivity contribution in [2.24, 2.45) is 0 Å². The van der Waals surface area contributed by atoms with Gasteiger partial charge in [-0.05, 0) is 57.2 Å². The lowest BCUT2D eigenvalue weighted by molar-refractivity contribution is 0.0346. The van der Waals surface area contributed by atoms with Crippen molar-refractivity contribution in [1.82, 2.24) is 4.90 Å². The maximum absolute atomic E-state index is 2.77. The molecule has 1 heteroatoms. The van der Waals surface area contributed by atoms with Crippen LogP contribution in [0.1, 0.15) is 50.7 Å². The summed E-state index contributed by atoms with van der Waals surface area (Å²) >= 11 is 0. The summed E-state index contributed by atoms with van der Waals surface area (Å²) in [6.45, 7) is 6.15. The Morgan fingerprint density at radius 2 is 2.06 bits per heavy atom. The Balaban J connectivity index is 1.97. The van der Waals surface area contributed by atoms with E-state index in [9.17, 15) is 0 Å². The van der Waals surface area contributed by atoms with Gasteiger partial charge >= 0.3 is 0 Å². The molecule has 0 amide bonds. The summed E-state index contributed by atoms with van der Waals surface area (Å²) in [4.78, 5) is 2.77. The molecule has 0 N–H and O–H groups in total. The van der Waals surface area contributed by atoms with E-state index < -0.39 is 0 Å². The average Bonchev–Trinajstić information content (AvgIpc) is 2.70. The lowest BCUT2D eigenvalue weighted by Gasteiger charge is -2.46. The second-order valence-electron chi connectivity index (χ2n) is 5.97. The maximum Gasteiger partial charge on any atom is 0.0441 e. The molecule has 0 radical (unpaired) electrons. The lowest BCUT2D eigenvalue weighted by Crippen LogP contribution is -2.49. The normalized spacial score (nSPS) is 33.6. The minimum Gasteiger partial charge on any atom is -0.291 e. The number of rotatable bonds is 1. The van der Waals surface area contributed by atoms with Crippen LogP contribution in [0.25, 0.3) is 0 Å². The van der Waals surface area contributed by atoms with Gasteiger partial charge in [0.2, 0.25) is 0 Å². The third-order valence-electron chi connectivity index (χ3n) is 4.92. The second-order valence-corrected chi connectivity index (χ2v) is 5.97. The summed E-state index contributed by atoms with van der Waals surface area (Å²) < 4.78 is 0. The van der Waals surface area contributed by atoms with Crippen molar-refractivity contribution in [3.8, 4) is 0 Å². The molecule has 1 aliphatic carbocycles. The topological polar surface area (TPSA) is 3.24 Å². The van der Waals surface area contributed by atoms with Crippen molar-refractivity contribution in [2.75, 3.05) is 6.54 Å². The van der Waals surface area contributed by atoms with E-state index in [1.54, 1.807) is 11.1 Å².